The van der Waals surface area contributed by atoms with Crippen LogP contribution in [-0.2, 0) is 24.9 Å². The number of imidazole rings is 1. The van der Waals surface area contributed by atoms with Crippen molar-refractivity contribution in [2.75, 3.05) is 19.8 Å². The summed E-state index contributed by atoms with van der Waals surface area (Å²) < 4.78 is 7.60. The summed E-state index contributed by atoms with van der Waals surface area (Å²) in [6, 6.07) is 10.7. The SMILES string of the molecule is Cn1cncc1CN(Cc1ccccc1)CC1CCOCC1. The van der Waals surface area contributed by atoms with Crippen LogP contribution in [0.2, 0.25) is 0 Å². The molecule has 0 atom stereocenters. The summed E-state index contributed by atoms with van der Waals surface area (Å²) in [5.41, 5.74) is 2.64. The summed E-state index contributed by atoms with van der Waals surface area (Å²) in [7, 11) is 2.07. The lowest BCUT2D eigenvalue weighted by Gasteiger charge is -2.30. The van der Waals surface area contributed by atoms with Crippen molar-refractivity contribution in [2.45, 2.75) is 25.9 Å². The summed E-state index contributed by atoms with van der Waals surface area (Å²) in [5.74, 6) is 0.741. The van der Waals surface area contributed by atoms with Crippen LogP contribution in [0.1, 0.15) is 24.1 Å². The molecular formula is C18H25N3O. The largest absolute Gasteiger partial charge is 0.381 e. The standard InChI is InChI=1S/C18H25N3O/c1-20-15-19-11-18(20)14-21(12-16-5-3-2-4-6-16)13-17-7-9-22-10-8-17/h2-6,11,15,17H,7-10,12-14H2,1H3. The quantitative estimate of drug-likeness (QED) is 0.821. The Hall–Kier alpha value is -1.65. The van der Waals surface area contributed by atoms with Crippen molar-refractivity contribution in [3.8, 4) is 0 Å². The Morgan fingerprint density at radius 1 is 1.18 bits per heavy atom. The van der Waals surface area contributed by atoms with Crippen LogP contribution in [0.5, 0.6) is 0 Å². The Kier molecular flexibility index (Phi) is 5.24. The molecule has 0 aliphatic carbocycles. The third kappa shape index (κ3) is 4.18. The molecule has 4 heteroatoms. The second-order valence-corrected chi connectivity index (χ2v) is 6.21. The molecule has 2 aromatic rings. The summed E-state index contributed by atoms with van der Waals surface area (Å²) >= 11 is 0. The topological polar surface area (TPSA) is 30.3 Å². The molecule has 2 heterocycles. The highest BCUT2D eigenvalue weighted by atomic mass is 16.5. The average molecular weight is 299 g/mol. The molecule has 1 saturated heterocycles. The maximum atomic E-state index is 5.49. The van der Waals surface area contributed by atoms with Gasteiger partial charge in [0.2, 0.25) is 0 Å². The highest BCUT2D eigenvalue weighted by Crippen LogP contribution is 2.19. The van der Waals surface area contributed by atoms with Crippen LogP contribution >= 0.6 is 0 Å². The van der Waals surface area contributed by atoms with E-state index in [1.807, 2.05) is 12.5 Å². The minimum absolute atomic E-state index is 0.741. The van der Waals surface area contributed by atoms with E-state index in [1.54, 1.807) is 0 Å². The van der Waals surface area contributed by atoms with E-state index in [0.29, 0.717) is 0 Å². The molecular weight excluding hydrogens is 274 g/mol. The number of ether oxygens (including phenoxy) is 1. The molecule has 118 valence electrons. The number of aromatic nitrogens is 2. The predicted octanol–water partition coefficient (Wildman–Crippen LogP) is 2.85. The Balaban J connectivity index is 1.68. The van der Waals surface area contributed by atoms with E-state index in [0.717, 1.165) is 38.8 Å². The van der Waals surface area contributed by atoms with Crippen molar-refractivity contribution < 1.29 is 4.74 Å². The van der Waals surface area contributed by atoms with Crippen LogP contribution in [0.4, 0.5) is 0 Å². The molecule has 0 N–H and O–H groups in total. The first-order valence-corrected chi connectivity index (χ1v) is 8.10. The molecule has 4 nitrogen and oxygen atoms in total. The lowest BCUT2D eigenvalue weighted by atomic mass is 9.99. The van der Waals surface area contributed by atoms with Gasteiger partial charge in [0.05, 0.1) is 12.0 Å². The summed E-state index contributed by atoms with van der Waals surface area (Å²) in [6.07, 6.45) is 6.21. The first-order chi connectivity index (χ1) is 10.8. The lowest BCUT2D eigenvalue weighted by Crippen LogP contribution is -2.32. The predicted molar refractivity (Wildman–Crippen MR) is 87.3 cm³/mol. The van der Waals surface area contributed by atoms with Gasteiger partial charge in [0.25, 0.3) is 0 Å². The van der Waals surface area contributed by atoms with Crippen molar-refractivity contribution >= 4 is 0 Å². The van der Waals surface area contributed by atoms with E-state index in [2.05, 4.69) is 51.8 Å². The molecule has 0 bridgehead atoms. The third-order valence-electron chi connectivity index (χ3n) is 4.41. The fourth-order valence-electron chi connectivity index (χ4n) is 3.09. The number of nitrogens with zero attached hydrogens (tertiary/aromatic N) is 3. The van der Waals surface area contributed by atoms with Crippen LogP contribution in [0.25, 0.3) is 0 Å². The Morgan fingerprint density at radius 2 is 1.95 bits per heavy atom. The zero-order chi connectivity index (χ0) is 15.2. The number of benzene rings is 1. The van der Waals surface area contributed by atoms with Crippen LogP contribution in [0.15, 0.2) is 42.9 Å². The van der Waals surface area contributed by atoms with Gasteiger partial charge in [-0.15, -0.1) is 0 Å². The van der Waals surface area contributed by atoms with Gasteiger partial charge < -0.3 is 9.30 Å². The van der Waals surface area contributed by atoms with Gasteiger partial charge in [-0.25, -0.2) is 4.98 Å². The molecule has 0 saturated carbocycles. The van der Waals surface area contributed by atoms with Crippen molar-refractivity contribution in [1.82, 2.24) is 14.5 Å². The minimum atomic E-state index is 0.741. The molecule has 0 amide bonds. The Bertz CT molecular complexity index is 561. The monoisotopic (exact) mass is 299 g/mol. The van der Waals surface area contributed by atoms with Crippen LogP contribution in [-0.4, -0.2) is 34.2 Å². The van der Waals surface area contributed by atoms with Gasteiger partial charge in [-0.1, -0.05) is 30.3 Å². The van der Waals surface area contributed by atoms with Crippen LogP contribution in [0, 0.1) is 5.92 Å². The summed E-state index contributed by atoms with van der Waals surface area (Å²) in [5, 5.41) is 0. The fraction of sp³-hybridized carbons (Fsp3) is 0.500. The van der Waals surface area contributed by atoms with E-state index in [1.165, 1.54) is 24.1 Å². The fourth-order valence-corrected chi connectivity index (χ4v) is 3.09. The van der Waals surface area contributed by atoms with E-state index >= 15 is 0 Å². The third-order valence-corrected chi connectivity index (χ3v) is 4.41. The lowest BCUT2D eigenvalue weighted by molar-refractivity contribution is 0.0498. The second-order valence-electron chi connectivity index (χ2n) is 6.21. The maximum absolute atomic E-state index is 5.49. The molecule has 22 heavy (non-hydrogen) atoms. The number of aryl methyl sites for hydroxylation is 1. The van der Waals surface area contributed by atoms with Gasteiger partial charge >= 0.3 is 0 Å². The maximum Gasteiger partial charge on any atom is 0.0945 e. The van der Waals surface area contributed by atoms with E-state index in [4.69, 9.17) is 4.74 Å². The minimum Gasteiger partial charge on any atom is -0.381 e. The molecule has 3 rings (SSSR count). The molecule has 0 radical (unpaired) electrons. The second kappa shape index (κ2) is 7.56. The van der Waals surface area contributed by atoms with Gasteiger partial charge in [-0.2, -0.15) is 0 Å². The first kappa shape index (κ1) is 15.3. The highest BCUT2D eigenvalue weighted by molar-refractivity contribution is 5.14. The zero-order valence-electron chi connectivity index (χ0n) is 13.3. The van der Waals surface area contributed by atoms with Gasteiger partial charge in [-0.3, -0.25) is 4.90 Å². The highest BCUT2D eigenvalue weighted by Gasteiger charge is 2.18. The van der Waals surface area contributed by atoms with Gasteiger partial charge in [0.1, 0.15) is 0 Å². The number of rotatable bonds is 6. The Labute approximate surface area is 132 Å². The Morgan fingerprint density at radius 3 is 2.64 bits per heavy atom. The van der Waals surface area contributed by atoms with Crippen molar-refractivity contribution in [2.24, 2.45) is 13.0 Å². The molecule has 0 spiro atoms. The molecule has 1 fully saturated rings. The van der Waals surface area contributed by atoms with Gasteiger partial charge in [-0.05, 0) is 24.3 Å². The smallest absolute Gasteiger partial charge is 0.0945 e. The molecule has 1 aromatic heterocycles. The van der Waals surface area contributed by atoms with Crippen molar-refractivity contribution in [1.29, 1.82) is 0 Å². The number of hydrogen-bond donors (Lipinski definition) is 0. The number of hydrogen-bond acceptors (Lipinski definition) is 3. The summed E-state index contributed by atoms with van der Waals surface area (Å²) in [6.45, 7) is 4.89. The first-order valence-electron chi connectivity index (χ1n) is 8.10. The molecule has 1 aliphatic heterocycles. The van der Waals surface area contributed by atoms with Crippen molar-refractivity contribution in [3.05, 3.63) is 54.1 Å². The van der Waals surface area contributed by atoms with Crippen LogP contribution in [0.3, 0.4) is 0 Å². The van der Waals surface area contributed by atoms with E-state index < -0.39 is 0 Å². The van der Waals surface area contributed by atoms with Crippen molar-refractivity contribution in [3.63, 3.8) is 0 Å². The van der Waals surface area contributed by atoms with Crippen LogP contribution < -0.4 is 0 Å². The van der Waals surface area contributed by atoms with Gasteiger partial charge in [0.15, 0.2) is 0 Å². The zero-order valence-corrected chi connectivity index (χ0v) is 13.3. The molecule has 1 aliphatic rings. The average Bonchev–Trinajstić information content (AvgIpc) is 2.94. The summed E-state index contributed by atoms with van der Waals surface area (Å²) in [4.78, 5) is 6.79. The molecule has 1 aromatic carbocycles. The van der Waals surface area contributed by atoms with E-state index in [9.17, 15) is 0 Å². The van der Waals surface area contributed by atoms with Gasteiger partial charge in [0, 0.05) is 46.1 Å². The molecule has 0 unspecified atom stereocenters. The normalized spacial score (nSPS) is 16.3. The van der Waals surface area contributed by atoms with E-state index in [-0.39, 0.29) is 0 Å².